The minimum Gasteiger partial charge on any atom is -0.346 e. The van der Waals surface area contributed by atoms with Gasteiger partial charge in [0.1, 0.15) is 0 Å². The molecule has 5 nitrogen and oxygen atoms in total. The van der Waals surface area contributed by atoms with Crippen molar-refractivity contribution in [3.05, 3.63) is 30.2 Å². The van der Waals surface area contributed by atoms with Crippen LogP contribution in [-0.2, 0) is 4.79 Å². The number of nitrogens with zero attached hydrogens (tertiary/aromatic N) is 3. The molecule has 1 N–H and O–H groups in total. The van der Waals surface area contributed by atoms with Crippen LogP contribution < -0.4 is 5.32 Å². The average Bonchev–Trinajstić information content (AvgIpc) is 3.07. The van der Waals surface area contributed by atoms with E-state index in [2.05, 4.69) is 15.5 Å². The number of hydrogen-bond donors (Lipinski definition) is 1. The van der Waals surface area contributed by atoms with Crippen molar-refractivity contribution in [3.8, 4) is 0 Å². The summed E-state index contributed by atoms with van der Waals surface area (Å²) in [4.78, 5) is 12.1. The molecule has 5 heteroatoms. The highest BCUT2D eigenvalue weighted by Crippen LogP contribution is 2.27. The molecule has 3 rings (SSSR count). The van der Waals surface area contributed by atoms with E-state index < -0.39 is 0 Å². The summed E-state index contributed by atoms with van der Waals surface area (Å²) in [5.74, 6) is 1.47. The van der Waals surface area contributed by atoms with Gasteiger partial charge in [-0.2, -0.15) is 0 Å². The van der Waals surface area contributed by atoms with Crippen molar-refractivity contribution >= 4 is 11.6 Å². The molecule has 1 aliphatic carbocycles. The van der Waals surface area contributed by atoms with E-state index in [0.717, 1.165) is 11.5 Å². The van der Waals surface area contributed by atoms with Crippen molar-refractivity contribution in [1.82, 2.24) is 19.9 Å². The Morgan fingerprint density at radius 1 is 1.40 bits per heavy atom. The Bertz CT molecular complexity index is 601. The molecule has 106 valence electrons. The van der Waals surface area contributed by atoms with Crippen molar-refractivity contribution in [3.63, 3.8) is 0 Å². The van der Waals surface area contributed by atoms with Gasteiger partial charge in [0.15, 0.2) is 11.5 Å². The number of pyridine rings is 1. The van der Waals surface area contributed by atoms with E-state index in [1.54, 1.807) is 0 Å². The second kappa shape index (κ2) is 5.61. The van der Waals surface area contributed by atoms with Crippen LogP contribution in [0.5, 0.6) is 0 Å². The highest BCUT2D eigenvalue weighted by Gasteiger charge is 2.21. The van der Waals surface area contributed by atoms with Crippen LogP contribution in [0.1, 0.15) is 50.9 Å². The molecule has 0 aliphatic heterocycles. The maximum atomic E-state index is 12.1. The van der Waals surface area contributed by atoms with Gasteiger partial charge in [-0.25, -0.2) is 0 Å². The van der Waals surface area contributed by atoms with Gasteiger partial charge < -0.3 is 5.32 Å². The Morgan fingerprint density at radius 2 is 2.20 bits per heavy atom. The molecule has 1 fully saturated rings. The van der Waals surface area contributed by atoms with Crippen LogP contribution in [-0.4, -0.2) is 20.5 Å². The van der Waals surface area contributed by atoms with Crippen molar-refractivity contribution in [1.29, 1.82) is 0 Å². The Hall–Kier alpha value is -1.91. The summed E-state index contributed by atoms with van der Waals surface area (Å²) in [6, 6.07) is 5.65. The lowest BCUT2D eigenvalue weighted by atomic mass is 10.0. The summed E-state index contributed by atoms with van der Waals surface area (Å²) in [6.45, 7) is 1.95. The molecule has 1 unspecified atom stereocenters. The van der Waals surface area contributed by atoms with Crippen LogP contribution in [0.2, 0.25) is 0 Å². The van der Waals surface area contributed by atoms with E-state index in [4.69, 9.17) is 0 Å². The molecular formula is C15H20N4O. The van der Waals surface area contributed by atoms with E-state index in [9.17, 15) is 4.79 Å². The van der Waals surface area contributed by atoms with Gasteiger partial charge in [0.05, 0.1) is 6.04 Å². The van der Waals surface area contributed by atoms with Crippen LogP contribution in [0.25, 0.3) is 5.65 Å². The molecule has 0 spiro atoms. The zero-order chi connectivity index (χ0) is 13.9. The molecule has 2 aromatic rings. The molecule has 0 radical (unpaired) electrons. The molecule has 0 saturated heterocycles. The zero-order valence-corrected chi connectivity index (χ0v) is 11.7. The van der Waals surface area contributed by atoms with Crippen LogP contribution in [0.4, 0.5) is 0 Å². The number of carbonyl (C=O) groups excluding carboxylic acids is 1. The third-order valence-corrected chi connectivity index (χ3v) is 4.05. The van der Waals surface area contributed by atoms with Crippen molar-refractivity contribution < 1.29 is 4.79 Å². The summed E-state index contributed by atoms with van der Waals surface area (Å²) in [7, 11) is 0. The summed E-state index contributed by atoms with van der Waals surface area (Å²) >= 11 is 0. The van der Waals surface area contributed by atoms with Gasteiger partial charge >= 0.3 is 0 Å². The quantitative estimate of drug-likeness (QED) is 0.930. The molecule has 1 aliphatic rings. The number of hydrogen-bond acceptors (Lipinski definition) is 3. The third kappa shape index (κ3) is 2.66. The summed E-state index contributed by atoms with van der Waals surface area (Å²) < 4.78 is 1.92. The van der Waals surface area contributed by atoms with E-state index in [1.165, 1.54) is 25.7 Å². The molecular weight excluding hydrogens is 252 g/mol. The first-order valence-electron chi connectivity index (χ1n) is 7.33. The van der Waals surface area contributed by atoms with Gasteiger partial charge in [-0.15, -0.1) is 10.2 Å². The van der Waals surface area contributed by atoms with E-state index >= 15 is 0 Å². The monoisotopic (exact) mass is 272 g/mol. The topological polar surface area (TPSA) is 59.3 Å². The predicted molar refractivity (Wildman–Crippen MR) is 76.1 cm³/mol. The number of amides is 1. The Balaban J connectivity index is 1.66. The lowest BCUT2D eigenvalue weighted by Crippen LogP contribution is -2.29. The smallest absolute Gasteiger partial charge is 0.220 e. The van der Waals surface area contributed by atoms with Crippen molar-refractivity contribution in [2.75, 3.05) is 0 Å². The van der Waals surface area contributed by atoms with Crippen LogP contribution >= 0.6 is 0 Å². The van der Waals surface area contributed by atoms with Crippen molar-refractivity contribution in [2.45, 2.75) is 45.1 Å². The number of nitrogens with one attached hydrogen (secondary N) is 1. The Kier molecular flexibility index (Phi) is 3.67. The van der Waals surface area contributed by atoms with E-state index in [1.807, 2.05) is 35.7 Å². The zero-order valence-electron chi connectivity index (χ0n) is 11.7. The molecule has 1 saturated carbocycles. The summed E-state index contributed by atoms with van der Waals surface area (Å²) in [5.41, 5.74) is 0.805. The fourth-order valence-corrected chi connectivity index (χ4v) is 3.00. The highest BCUT2D eigenvalue weighted by molar-refractivity contribution is 5.76. The number of fused-ring (bicyclic) bond motifs is 1. The standard InChI is InChI=1S/C15H20N4O/c1-11(16-14(20)10-12-6-2-3-7-12)15-18-17-13-8-4-5-9-19(13)15/h4-5,8-9,11-12H,2-3,6-7,10H2,1H3,(H,16,20). The minimum absolute atomic E-state index is 0.122. The molecule has 1 atom stereocenters. The van der Waals surface area contributed by atoms with Gasteiger partial charge in [-0.1, -0.05) is 18.9 Å². The Labute approximate surface area is 118 Å². The lowest BCUT2D eigenvalue weighted by Gasteiger charge is -2.14. The molecule has 1 amide bonds. The van der Waals surface area contributed by atoms with E-state index in [-0.39, 0.29) is 11.9 Å². The summed E-state index contributed by atoms with van der Waals surface area (Å²) in [6.07, 6.45) is 7.47. The second-order valence-corrected chi connectivity index (χ2v) is 5.63. The maximum absolute atomic E-state index is 12.1. The van der Waals surface area contributed by atoms with Crippen LogP contribution in [0.3, 0.4) is 0 Å². The number of carbonyl (C=O) groups is 1. The van der Waals surface area contributed by atoms with Gasteiger partial charge in [-0.3, -0.25) is 9.20 Å². The molecule has 2 aromatic heterocycles. The average molecular weight is 272 g/mol. The number of aromatic nitrogens is 3. The minimum atomic E-state index is -0.124. The fourth-order valence-electron chi connectivity index (χ4n) is 3.00. The third-order valence-electron chi connectivity index (χ3n) is 4.05. The number of rotatable bonds is 4. The molecule has 0 aromatic carbocycles. The van der Waals surface area contributed by atoms with Crippen LogP contribution in [0.15, 0.2) is 24.4 Å². The van der Waals surface area contributed by atoms with E-state index in [0.29, 0.717) is 12.3 Å². The second-order valence-electron chi connectivity index (χ2n) is 5.63. The van der Waals surface area contributed by atoms with Gasteiger partial charge in [-0.05, 0) is 37.8 Å². The fraction of sp³-hybridized carbons (Fsp3) is 0.533. The first-order chi connectivity index (χ1) is 9.74. The predicted octanol–water partition coefficient (Wildman–Crippen LogP) is 2.49. The van der Waals surface area contributed by atoms with Crippen LogP contribution in [0, 0.1) is 5.92 Å². The molecule has 20 heavy (non-hydrogen) atoms. The summed E-state index contributed by atoms with van der Waals surface area (Å²) in [5, 5.41) is 11.3. The van der Waals surface area contributed by atoms with Gasteiger partial charge in [0, 0.05) is 12.6 Å². The van der Waals surface area contributed by atoms with Crippen molar-refractivity contribution in [2.24, 2.45) is 5.92 Å². The lowest BCUT2D eigenvalue weighted by molar-refractivity contribution is -0.122. The Morgan fingerprint density at radius 3 is 3.00 bits per heavy atom. The van der Waals surface area contributed by atoms with Gasteiger partial charge in [0.2, 0.25) is 5.91 Å². The normalized spacial score (nSPS) is 17.4. The first kappa shape index (κ1) is 13.1. The largest absolute Gasteiger partial charge is 0.346 e. The van der Waals surface area contributed by atoms with Gasteiger partial charge in [0.25, 0.3) is 0 Å². The first-order valence-corrected chi connectivity index (χ1v) is 7.33. The molecule has 2 heterocycles. The highest BCUT2D eigenvalue weighted by atomic mass is 16.1. The maximum Gasteiger partial charge on any atom is 0.220 e. The molecule has 0 bridgehead atoms. The SMILES string of the molecule is CC(NC(=O)CC1CCCC1)c1nnc2ccccn12.